The van der Waals surface area contributed by atoms with E-state index in [1.54, 1.807) is 18.2 Å². The van der Waals surface area contributed by atoms with Crippen LogP contribution in [0.25, 0.3) is 0 Å². The van der Waals surface area contributed by atoms with E-state index in [0.717, 1.165) is 17.4 Å². The summed E-state index contributed by atoms with van der Waals surface area (Å²) in [4.78, 5) is 11.1. The molecule has 0 amide bonds. The third-order valence-corrected chi connectivity index (χ3v) is 3.60. The predicted octanol–water partition coefficient (Wildman–Crippen LogP) is 5.70. The van der Waals surface area contributed by atoms with Crippen LogP contribution in [0, 0.1) is 13.8 Å². The summed E-state index contributed by atoms with van der Waals surface area (Å²) in [5.41, 5.74) is 2.85. The molecule has 0 aromatic heterocycles. The maximum absolute atomic E-state index is 11.1. The van der Waals surface area contributed by atoms with Crippen molar-refractivity contribution in [3.05, 3.63) is 83.4 Å². The molecule has 3 nitrogen and oxygen atoms in total. The maximum atomic E-state index is 11.1. The van der Waals surface area contributed by atoms with Crippen molar-refractivity contribution in [2.24, 2.45) is 0 Å². The van der Waals surface area contributed by atoms with E-state index in [0.29, 0.717) is 28.6 Å². The first-order chi connectivity index (χ1) is 11.6. The molecule has 120 valence electrons. The van der Waals surface area contributed by atoms with Crippen LogP contribution in [0.3, 0.4) is 0 Å². The molecular formula is C21H18O3. The van der Waals surface area contributed by atoms with E-state index in [9.17, 15) is 4.79 Å². The van der Waals surface area contributed by atoms with Crippen molar-refractivity contribution in [2.45, 2.75) is 13.8 Å². The molecule has 0 atom stereocenters. The van der Waals surface area contributed by atoms with Crippen molar-refractivity contribution >= 4 is 6.29 Å². The highest BCUT2D eigenvalue weighted by Gasteiger charge is 2.09. The Kier molecular flexibility index (Phi) is 4.62. The zero-order valence-corrected chi connectivity index (χ0v) is 13.7. The van der Waals surface area contributed by atoms with Crippen LogP contribution in [0.15, 0.2) is 66.7 Å². The van der Waals surface area contributed by atoms with Crippen LogP contribution >= 0.6 is 0 Å². The number of carbonyl (C=O) groups is 1. The Morgan fingerprint density at radius 2 is 1.17 bits per heavy atom. The topological polar surface area (TPSA) is 35.5 Å². The Hall–Kier alpha value is -3.07. The Labute approximate surface area is 141 Å². The molecule has 3 heteroatoms. The van der Waals surface area contributed by atoms with E-state index in [1.165, 1.54) is 0 Å². The van der Waals surface area contributed by atoms with Crippen LogP contribution in [-0.4, -0.2) is 6.29 Å². The Bertz CT molecular complexity index is 834. The highest BCUT2D eigenvalue weighted by Crippen LogP contribution is 2.35. The Morgan fingerprint density at radius 3 is 1.67 bits per heavy atom. The SMILES string of the molecule is Cc1ccc(Oc2ccc(C=O)cc2Oc2ccc(C)cc2)cc1. The summed E-state index contributed by atoms with van der Waals surface area (Å²) in [6.07, 6.45) is 0.789. The van der Waals surface area contributed by atoms with Gasteiger partial charge in [-0.15, -0.1) is 0 Å². The number of rotatable bonds is 5. The van der Waals surface area contributed by atoms with Gasteiger partial charge in [0.05, 0.1) is 0 Å². The van der Waals surface area contributed by atoms with Crippen LogP contribution < -0.4 is 9.47 Å². The minimum Gasteiger partial charge on any atom is -0.453 e. The number of carbonyl (C=O) groups excluding carboxylic acids is 1. The summed E-state index contributed by atoms with van der Waals surface area (Å²) in [5.74, 6) is 2.47. The predicted molar refractivity (Wildman–Crippen MR) is 94.3 cm³/mol. The highest BCUT2D eigenvalue weighted by atomic mass is 16.5. The number of benzene rings is 3. The fourth-order valence-corrected chi connectivity index (χ4v) is 2.23. The van der Waals surface area contributed by atoms with E-state index in [4.69, 9.17) is 9.47 Å². The molecule has 0 heterocycles. The number of hydrogen-bond acceptors (Lipinski definition) is 3. The van der Waals surface area contributed by atoms with Gasteiger partial charge in [0.25, 0.3) is 0 Å². The molecule has 3 rings (SSSR count). The normalized spacial score (nSPS) is 10.2. The number of ether oxygens (including phenoxy) is 2. The molecule has 0 radical (unpaired) electrons. The van der Waals surface area contributed by atoms with Crippen molar-refractivity contribution in [3.63, 3.8) is 0 Å². The lowest BCUT2D eigenvalue weighted by Gasteiger charge is -2.13. The second kappa shape index (κ2) is 7.01. The van der Waals surface area contributed by atoms with Gasteiger partial charge in [0, 0.05) is 5.56 Å². The monoisotopic (exact) mass is 318 g/mol. The van der Waals surface area contributed by atoms with Crippen molar-refractivity contribution in [2.75, 3.05) is 0 Å². The quantitative estimate of drug-likeness (QED) is 0.566. The number of aldehydes is 1. The summed E-state index contributed by atoms with van der Waals surface area (Å²) in [5, 5.41) is 0. The van der Waals surface area contributed by atoms with Gasteiger partial charge in [0.1, 0.15) is 17.8 Å². The molecule has 0 aliphatic heterocycles. The van der Waals surface area contributed by atoms with E-state index < -0.39 is 0 Å². The summed E-state index contributed by atoms with van der Waals surface area (Å²) < 4.78 is 11.8. The minimum atomic E-state index is 0.504. The molecule has 0 N–H and O–H groups in total. The zero-order chi connectivity index (χ0) is 16.9. The van der Waals surface area contributed by atoms with Gasteiger partial charge >= 0.3 is 0 Å². The van der Waals surface area contributed by atoms with Gasteiger partial charge in [-0.05, 0) is 56.3 Å². The first kappa shape index (κ1) is 15.8. The fraction of sp³-hybridized carbons (Fsp3) is 0.0952. The number of aryl methyl sites for hydroxylation is 2. The molecule has 0 unspecified atom stereocenters. The fourth-order valence-electron chi connectivity index (χ4n) is 2.23. The molecule has 0 bridgehead atoms. The standard InChI is InChI=1S/C21H18O3/c1-15-3-8-18(9-4-15)23-20-12-7-17(14-22)13-21(20)24-19-10-5-16(2)6-11-19/h3-14H,1-2H3. The molecule has 3 aromatic rings. The molecule has 0 fully saturated rings. The van der Waals surface area contributed by atoms with Crippen LogP contribution in [0.4, 0.5) is 0 Å². The van der Waals surface area contributed by atoms with E-state index >= 15 is 0 Å². The first-order valence-corrected chi connectivity index (χ1v) is 7.72. The van der Waals surface area contributed by atoms with Crippen LogP contribution in [0.2, 0.25) is 0 Å². The summed E-state index contributed by atoms with van der Waals surface area (Å²) >= 11 is 0. The molecule has 0 saturated carbocycles. The molecule has 3 aromatic carbocycles. The van der Waals surface area contributed by atoms with Crippen LogP contribution in [-0.2, 0) is 0 Å². The molecule has 0 aliphatic carbocycles. The van der Waals surface area contributed by atoms with Crippen LogP contribution in [0.5, 0.6) is 23.0 Å². The van der Waals surface area contributed by atoms with E-state index in [1.807, 2.05) is 62.4 Å². The average Bonchev–Trinajstić information content (AvgIpc) is 2.60. The zero-order valence-electron chi connectivity index (χ0n) is 13.7. The van der Waals surface area contributed by atoms with Gasteiger partial charge in [-0.3, -0.25) is 4.79 Å². The Balaban J connectivity index is 1.91. The summed E-state index contributed by atoms with van der Waals surface area (Å²) in [6, 6.07) is 20.6. The third kappa shape index (κ3) is 3.82. The average molecular weight is 318 g/mol. The molecule has 24 heavy (non-hydrogen) atoms. The van der Waals surface area contributed by atoms with Crippen LogP contribution in [0.1, 0.15) is 21.5 Å². The second-order valence-electron chi connectivity index (χ2n) is 5.65. The smallest absolute Gasteiger partial charge is 0.170 e. The van der Waals surface area contributed by atoms with Gasteiger partial charge in [0.2, 0.25) is 0 Å². The second-order valence-corrected chi connectivity index (χ2v) is 5.65. The van der Waals surface area contributed by atoms with Crippen molar-refractivity contribution in [1.82, 2.24) is 0 Å². The van der Waals surface area contributed by atoms with Gasteiger partial charge in [-0.25, -0.2) is 0 Å². The van der Waals surface area contributed by atoms with Gasteiger partial charge in [-0.1, -0.05) is 35.4 Å². The van der Waals surface area contributed by atoms with E-state index in [2.05, 4.69) is 0 Å². The van der Waals surface area contributed by atoms with Crippen molar-refractivity contribution in [3.8, 4) is 23.0 Å². The first-order valence-electron chi connectivity index (χ1n) is 7.72. The minimum absolute atomic E-state index is 0.504. The molecule has 0 saturated heterocycles. The molecule has 0 spiro atoms. The lowest BCUT2D eigenvalue weighted by molar-refractivity contribution is 0.112. The largest absolute Gasteiger partial charge is 0.453 e. The summed E-state index contributed by atoms with van der Waals surface area (Å²) in [6.45, 7) is 4.04. The molecular weight excluding hydrogens is 300 g/mol. The Morgan fingerprint density at radius 1 is 0.667 bits per heavy atom. The van der Waals surface area contributed by atoms with E-state index in [-0.39, 0.29) is 0 Å². The maximum Gasteiger partial charge on any atom is 0.170 e. The summed E-state index contributed by atoms with van der Waals surface area (Å²) in [7, 11) is 0. The highest BCUT2D eigenvalue weighted by molar-refractivity contribution is 5.76. The third-order valence-electron chi connectivity index (χ3n) is 3.60. The lowest BCUT2D eigenvalue weighted by atomic mass is 10.2. The van der Waals surface area contributed by atoms with Gasteiger partial charge < -0.3 is 9.47 Å². The van der Waals surface area contributed by atoms with Gasteiger partial charge in [0.15, 0.2) is 11.5 Å². The number of hydrogen-bond donors (Lipinski definition) is 0. The lowest BCUT2D eigenvalue weighted by Crippen LogP contribution is -1.92. The van der Waals surface area contributed by atoms with Gasteiger partial charge in [-0.2, -0.15) is 0 Å². The van der Waals surface area contributed by atoms with Crippen molar-refractivity contribution in [1.29, 1.82) is 0 Å². The molecule has 0 aliphatic rings. The van der Waals surface area contributed by atoms with Crippen molar-refractivity contribution < 1.29 is 14.3 Å².